The molecule has 0 radical (unpaired) electrons. The van der Waals surface area contributed by atoms with E-state index >= 15 is 0 Å². The van der Waals surface area contributed by atoms with Gasteiger partial charge in [0.05, 0.1) is 29.2 Å². The summed E-state index contributed by atoms with van der Waals surface area (Å²) in [5.74, 6) is -2.08. The van der Waals surface area contributed by atoms with E-state index in [1.54, 1.807) is 23.0 Å². The van der Waals surface area contributed by atoms with E-state index in [-0.39, 0.29) is 12.3 Å². The third kappa shape index (κ3) is 4.53. The van der Waals surface area contributed by atoms with Gasteiger partial charge in [0.15, 0.2) is 0 Å². The van der Waals surface area contributed by atoms with E-state index in [1.807, 2.05) is 42.5 Å². The van der Waals surface area contributed by atoms with Crippen molar-refractivity contribution >= 4 is 26.7 Å². The number of nitrogens with zero attached hydrogens (tertiary/aromatic N) is 4. The molecule has 0 bridgehead atoms. The summed E-state index contributed by atoms with van der Waals surface area (Å²) in [7, 11) is -2.94. The molecule has 0 unspecified atom stereocenters. The van der Waals surface area contributed by atoms with Crippen molar-refractivity contribution in [3.8, 4) is 16.8 Å². The van der Waals surface area contributed by atoms with Gasteiger partial charge in [0, 0.05) is 24.9 Å². The van der Waals surface area contributed by atoms with Crippen molar-refractivity contribution in [2.45, 2.75) is 11.5 Å². The number of para-hydroxylation sites is 1. The SMILES string of the molecule is COCc1ncc(-c2ccc3nnn(-c4ccccc4)c3c2)cc1NS(=O)(=O)c1ccc(F)cc1F. The first-order valence-electron chi connectivity index (χ1n) is 10.7. The van der Waals surface area contributed by atoms with E-state index < -0.39 is 26.6 Å². The Hall–Kier alpha value is -4.22. The second kappa shape index (κ2) is 9.44. The lowest BCUT2D eigenvalue weighted by molar-refractivity contribution is 0.182. The molecule has 5 aromatic rings. The number of ether oxygens (including phenoxy) is 1. The molecule has 0 aliphatic rings. The van der Waals surface area contributed by atoms with Crippen molar-refractivity contribution in [1.29, 1.82) is 0 Å². The second-order valence-electron chi connectivity index (χ2n) is 7.87. The van der Waals surface area contributed by atoms with Crippen LogP contribution in [0.25, 0.3) is 27.8 Å². The smallest absolute Gasteiger partial charge is 0.264 e. The minimum absolute atomic E-state index is 0.00770. The van der Waals surface area contributed by atoms with Crippen molar-refractivity contribution in [2.75, 3.05) is 11.8 Å². The zero-order chi connectivity index (χ0) is 25.3. The van der Waals surface area contributed by atoms with Gasteiger partial charge in [-0.2, -0.15) is 0 Å². The summed E-state index contributed by atoms with van der Waals surface area (Å²) in [6.45, 7) is 0.00770. The van der Waals surface area contributed by atoms with Crippen LogP contribution in [0.2, 0.25) is 0 Å². The van der Waals surface area contributed by atoms with Crippen LogP contribution in [0.4, 0.5) is 14.5 Å². The van der Waals surface area contributed by atoms with Crippen LogP contribution in [0.5, 0.6) is 0 Å². The van der Waals surface area contributed by atoms with Gasteiger partial charge < -0.3 is 4.74 Å². The van der Waals surface area contributed by atoms with Crippen LogP contribution in [-0.2, 0) is 21.4 Å². The predicted molar refractivity (Wildman–Crippen MR) is 130 cm³/mol. The lowest BCUT2D eigenvalue weighted by Crippen LogP contribution is -2.16. The van der Waals surface area contributed by atoms with Gasteiger partial charge in [-0.1, -0.05) is 29.5 Å². The Bertz CT molecular complexity index is 1670. The van der Waals surface area contributed by atoms with E-state index in [0.29, 0.717) is 22.8 Å². The summed E-state index contributed by atoms with van der Waals surface area (Å²) in [5, 5.41) is 8.44. The maximum Gasteiger partial charge on any atom is 0.264 e. The summed E-state index contributed by atoms with van der Waals surface area (Å²) in [5.41, 5.74) is 3.98. The van der Waals surface area contributed by atoms with E-state index in [2.05, 4.69) is 20.0 Å². The van der Waals surface area contributed by atoms with Gasteiger partial charge in [-0.15, -0.1) is 5.10 Å². The molecule has 11 heteroatoms. The molecule has 0 saturated carbocycles. The van der Waals surface area contributed by atoms with Crippen molar-refractivity contribution in [1.82, 2.24) is 20.0 Å². The van der Waals surface area contributed by atoms with Crippen LogP contribution in [0, 0.1) is 11.6 Å². The van der Waals surface area contributed by atoms with Gasteiger partial charge in [0.25, 0.3) is 10.0 Å². The Balaban J connectivity index is 1.57. The predicted octanol–water partition coefficient (Wildman–Crippen LogP) is 4.71. The maximum absolute atomic E-state index is 14.2. The van der Waals surface area contributed by atoms with Gasteiger partial charge in [0.1, 0.15) is 22.0 Å². The Kier molecular flexibility index (Phi) is 6.17. The maximum atomic E-state index is 14.2. The Labute approximate surface area is 205 Å². The first-order chi connectivity index (χ1) is 17.4. The molecule has 0 spiro atoms. The Morgan fingerprint density at radius 2 is 1.78 bits per heavy atom. The lowest BCUT2D eigenvalue weighted by atomic mass is 10.1. The van der Waals surface area contributed by atoms with Gasteiger partial charge >= 0.3 is 0 Å². The van der Waals surface area contributed by atoms with Crippen LogP contribution >= 0.6 is 0 Å². The number of fused-ring (bicyclic) bond motifs is 1. The third-order valence-electron chi connectivity index (χ3n) is 5.46. The number of nitrogens with one attached hydrogen (secondary N) is 1. The molecule has 0 fully saturated rings. The van der Waals surface area contributed by atoms with Crippen LogP contribution in [0.1, 0.15) is 5.69 Å². The van der Waals surface area contributed by atoms with Crippen LogP contribution in [0.3, 0.4) is 0 Å². The first kappa shape index (κ1) is 23.5. The second-order valence-corrected chi connectivity index (χ2v) is 9.52. The van der Waals surface area contributed by atoms with Gasteiger partial charge in [-0.3, -0.25) is 9.71 Å². The number of pyridine rings is 1. The molecule has 0 atom stereocenters. The van der Waals surface area contributed by atoms with Gasteiger partial charge in [-0.25, -0.2) is 21.9 Å². The van der Waals surface area contributed by atoms with Gasteiger partial charge in [0.2, 0.25) is 0 Å². The zero-order valence-electron chi connectivity index (χ0n) is 18.9. The quantitative estimate of drug-likeness (QED) is 0.343. The Morgan fingerprint density at radius 3 is 2.53 bits per heavy atom. The molecular weight excluding hydrogens is 488 g/mol. The third-order valence-corrected chi connectivity index (χ3v) is 6.86. The summed E-state index contributed by atoms with van der Waals surface area (Å²) in [6.07, 6.45) is 1.59. The van der Waals surface area contributed by atoms with Crippen molar-refractivity contribution in [2.24, 2.45) is 0 Å². The van der Waals surface area contributed by atoms with Crippen LogP contribution in [-0.4, -0.2) is 35.5 Å². The summed E-state index contributed by atoms with van der Waals surface area (Å²) < 4.78 is 62.6. The molecule has 2 aromatic heterocycles. The molecule has 8 nitrogen and oxygen atoms in total. The summed E-state index contributed by atoms with van der Waals surface area (Å²) >= 11 is 0. The molecule has 36 heavy (non-hydrogen) atoms. The fourth-order valence-corrected chi connectivity index (χ4v) is 4.88. The first-order valence-corrected chi connectivity index (χ1v) is 12.2. The molecule has 0 aliphatic carbocycles. The summed E-state index contributed by atoms with van der Waals surface area (Å²) in [4.78, 5) is 3.68. The van der Waals surface area contributed by atoms with E-state index in [1.165, 1.54) is 7.11 Å². The number of hydrogen-bond donors (Lipinski definition) is 1. The average Bonchev–Trinajstić information content (AvgIpc) is 3.29. The number of sulfonamides is 1. The normalized spacial score (nSPS) is 11.6. The topological polar surface area (TPSA) is 99.0 Å². The zero-order valence-corrected chi connectivity index (χ0v) is 19.7. The number of rotatable bonds is 7. The number of halogens is 2. The minimum atomic E-state index is -4.38. The number of methoxy groups -OCH3 is 1. The van der Waals surface area contributed by atoms with Gasteiger partial charge in [-0.05, 0) is 48.0 Å². The molecule has 0 aliphatic heterocycles. The fraction of sp³-hybridized carbons (Fsp3) is 0.0800. The molecule has 2 heterocycles. The Morgan fingerprint density at radius 1 is 0.972 bits per heavy atom. The number of aromatic nitrogens is 4. The molecular formula is C25H19F2N5O3S. The minimum Gasteiger partial charge on any atom is -0.378 e. The van der Waals surface area contributed by atoms with Crippen LogP contribution in [0.15, 0.2) is 83.9 Å². The van der Waals surface area contributed by atoms with E-state index in [4.69, 9.17) is 4.74 Å². The largest absolute Gasteiger partial charge is 0.378 e. The number of hydrogen-bond acceptors (Lipinski definition) is 6. The molecule has 5 rings (SSSR count). The molecule has 1 N–H and O–H groups in total. The molecule has 3 aromatic carbocycles. The van der Waals surface area contributed by atoms with E-state index in [9.17, 15) is 17.2 Å². The number of anilines is 1. The highest BCUT2D eigenvalue weighted by Crippen LogP contribution is 2.29. The monoisotopic (exact) mass is 507 g/mol. The highest BCUT2D eigenvalue weighted by molar-refractivity contribution is 7.92. The van der Waals surface area contributed by atoms with E-state index in [0.717, 1.165) is 28.9 Å². The fourth-order valence-electron chi connectivity index (χ4n) is 3.74. The lowest BCUT2D eigenvalue weighted by Gasteiger charge is -2.14. The van der Waals surface area contributed by atoms with Crippen molar-refractivity contribution in [3.63, 3.8) is 0 Å². The van der Waals surface area contributed by atoms with Crippen LogP contribution < -0.4 is 4.72 Å². The average molecular weight is 508 g/mol. The molecule has 0 amide bonds. The van der Waals surface area contributed by atoms with Crippen molar-refractivity contribution in [3.05, 3.63) is 96.3 Å². The number of benzene rings is 3. The van der Waals surface area contributed by atoms with Crippen molar-refractivity contribution < 1.29 is 21.9 Å². The summed E-state index contributed by atoms with van der Waals surface area (Å²) in [6, 6.07) is 18.8. The highest BCUT2D eigenvalue weighted by atomic mass is 32.2. The highest BCUT2D eigenvalue weighted by Gasteiger charge is 2.22. The standard InChI is InChI=1S/C25H19F2N5O3S/c1-35-15-23-22(30-36(33,34)25-10-8-18(26)13-20(25)27)11-17(14-28-23)16-7-9-21-24(12-16)32(31-29-21)19-5-3-2-4-6-19/h2-14,30H,15H2,1H3. The molecule has 0 saturated heterocycles. The molecule has 182 valence electrons.